The van der Waals surface area contributed by atoms with Crippen molar-refractivity contribution < 1.29 is 33.7 Å². The first-order chi connectivity index (χ1) is 17.7. The quantitative estimate of drug-likeness (QED) is 0.397. The van der Waals surface area contributed by atoms with Crippen LogP contribution in [0.1, 0.15) is 44.2 Å². The maximum absolute atomic E-state index is 12.3. The van der Waals surface area contributed by atoms with E-state index < -0.39 is 24.3 Å². The van der Waals surface area contributed by atoms with Gasteiger partial charge in [0.1, 0.15) is 11.4 Å². The van der Waals surface area contributed by atoms with Crippen LogP contribution in [0.4, 0.5) is 4.79 Å². The third-order valence-corrected chi connectivity index (χ3v) is 6.06. The number of hydrogen-bond donors (Lipinski definition) is 1. The molecule has 1 N–H and O–H groups in total. The number of nitrogens with zero attached hydrogens (tertiary/aromatic N) is 1. The van der Waals surface area contributed by atoms with Crippen LogP contribution in [0.3, 0.4) is 0 Å². The molecule has 2 unspecified atom stereocenters. The smallest absolute Gasteiger partial charge is 0.482 e. The lowest BCUT2D eigenvalue weighted by molar-refractivity contribution is -0.179. The number of rotatable bonds is 8. The SMILES string of the molecule is CC(C)(C)OC(=O)ON1CCC(c2ccc(OCC(=O)O)cc2)C(OCc2ccc3ccccc3c2)C1. The Morgan fingerprint density at radius 3 is 2.43 bits per heavy atom. The van der Waals surface area contributed by atoms with Gasteiger partial charge in [-0.25, -0.2) is 9.59 Å². The van der Waals surface area contributed by atoms with Crippen LogP contribution in [-0.4, -0.2) is 53.7 Å². The zero-order valence-corrected chi connectivity index (χ0v) is 21.4. The van der Waals surface area contributed by atoms with Crippen LogP contribution in [0.25, 0.3) is 10.8 Å². The van der Waals surface area contributed by atoms with Gasteiger partial charge >= 0.3 is 12.1 Å². The number of ether oxygens (including phenoxy) is 3. The van der Waals surface area contributed by atoms with E-state index in [0.717, 1.165) is 16.5 Å². The fraction of sp³-hybridized carbons (Fsp3) is 0.379. The third kappa shape index (κ3) is 7.68. The van der Waals surface area contributed by atoms with Crippen molar-refractivity contribution in [1.82, 2.24) is 5.06 Å². The lowest BCUT2D eigenvalue weighted by Gasteiger charge is -2.37. The molecule has 0 amide bonds. The van der Waals surface area contributed by atoms with Crippen molar-refractivity contribution in [2.45, 2.75) is 51.4 Å². The van der Waals surface area contributed by atoms with E-state index in [0.29, 0.717) is 31.9 Å². The van der Waals surface area contributed by atoms with E-state index in [1.165, 1.54) is 5.39 Å². The van der Waals surface area contributed by atoms with Crippen molar-refractivity contribution in [3.8, 4) is 5.75 Å². The zero-order valence-electron chi connectivity index (χ0n) is 21.4. The van der Waals surface area contributed by atoms with Gasteiger partial charge in [0.2, 0.25) is 0 Å². The largest absolute Gasteiger partial charge is 0.528 e. The van der Waals surface area contributed by atoms with Gasteiger partial charge in [0.25, 0.3) is 0 Å². The van der Waals surface area contributed by atoms with Crippen LogP contribution in [0.15, 0.2) is 66.7 Å². The van der Waals surface area contributed by atoms with Crippen LogP contribution in [-0.2, 0) is 25.7 Å². The number of carboxylic acids is 1. The molecule has 0 radical (unpaired) electrons. The molecule has 2 atom stereocenters. The zero-order chi connectivity index (χ0) is 26.4. The van der Waals surface area contributed by atoms with E-state index in [1.807, 2.05) is 24.3 Å². The van der Waals surface area contributed by atoms with Gasteiger partial charge in [-0.05, 0) is 67.3 Å². The number of benzene rings is 3. The molecule has 0 aliphatic carbocycles. The minimum Gasteiger partial charge on any atom is -0.482 e. The highest BCUT2D eigenvalue weighted by Crippen LogP contribution is 2.33. The highest BCUT2D eigenvalue weighted by molar-refractivity contribution is 5.82. The van der Waals surface area contributed by atoms with Gasteiger partial charge in [0, 0.05) is 12.5 Å². The standard InChI is InChI=1S/C29H33NO7/c1-29(2,3)36-28(33)37-30-15-14-25(22-10-12-24(13-11-22)34-19-27(31)32)26(17-30)35-18-20-8-9-21-6-4-5-7-23(21)16-20/h4-13,16,25-26H,14-15,17-19H2,1-3H3,(H,31,32). The molecular formula is C29H33NO7. The highest BCUT2D eigenvalue weighted by atomic mass is 16.8. The van der Waals surface area contributed by atoms with Gasteiger partial charge < -0.3 is 24.2 Å². The fourth-order valence-electron chi connectivity index (χ4n) is 4.38. The van der Waals surface area contributed by atoms with E-state index in [-0.39, 0.29) is 12.0 Å². The summed E-state index contributed by atoms with van der Waals surface area (Å²) in [6, 6.07) is 21.8. The van der Waals surface area contributed by atoms with Crippen molar-refractivity contribution in [2.75, 3.05) is 19.7 Å². The van der Waals surface area contributed by atoms with Gasteiger partial charge in [0.05, 0.1) is 19.3 Å². The molecule has 3 aromatic rings. The second-order valence-electron chi connectivity index (χ2n) is 10.1. The number of carbonyl (C=O) groups is 2. The maximum atomic E-state index is 12.3. The van der Waals surface area contributed by atoms with E-state index in [9.17, 15) is 9.59 Å². The topological polar surface area (TPSA) is 94.5 Å². The molecule has 0 spiro atoms. The lowest BCUT2D eigenvalue weighted by Crippen LogP contribution is -2.45. The predicted molar refractivity (Wildman–Crippen MR) is 138 cm³/mol. The van der Waals surface area contributed by atoms with E-state index in [2.05, 4.69) is 30.3 Å². The molecule has 1 aliphatic heterocycles. The Morgan fingerprint density at radius 1 is 1.00 bits per heavy atom. The summed E-state index contributed by atoms with van der Waals surface area (Å²) in [7, 11) is 0. The van der Waals surface area contributed by atoms with Crippen LogP contribution in [0.5, 0.6) is 5.75 Å². The molecule has 1 aliphatic rings. The summed E-state index contributed by atoms with van der Waals surface area (Å²) >= 11 is 0. The normalized spacial score (nSPS) is 18.4. The summed E-state index contributed by atoms with van der Waals surface area (Å²) < 4.78 is 17.0. The average molecular weight is 508 g/mol. The van der Waals surface area contributed by atoms with Gasteiger partial charge in [0.15, 0.2) is 6.61 Å². The average Bonchev–Trinajstić information content (AvgIpc) is 2.85. The molecule has 8 heteroatoms. The Morgan fingerprint density at radius 2 is 1.73 bits per heavy atom. The number of hydroxylamine groups is 2. The number of piperidine rings is 1. The molecule has 1 heterocycles. The first-order valence-corrected chi connectivity index (χ1v) is 12.4. The van der Waals surface area contributed by atoms with Crippen LogP contribution >= 0.6 is 0 Å². The minimum atomic E-state index is -1.02. The van der Waals surface area contributed by atoms with Crippen molar-refractivity contribution in [2.24, 2.45) is 0 Å². The lowest BCUT2D eigenvalue weighted by atomic mass is 9.87. The molecule has 0 aromatic heterocycles. The third-order valence-electron chi connectivity index (χ3n) is 6.06. The summed E-state index contributed by atoms with van der Waals surface area (Å²) in [5, 5.41) is 12.8. The van der Waals surface area contributed by atoms with Crippen LogP contribution in [0, 0.1) is 0 Å². The van der Waals surface area contributed by atoms with Crippen LogP contribution in [0.2, 0.25) is 0 Å². The van der Waals surface area contributed by atoms with E-state index in [4.69, 9.17) is 24.2 Å². The second kappa shape index (κ2) is 11.6. The molecule has 0 bridgehead atoms. The number of hydrogen-bond acceptors (Lipinski definition) is 7. The molecule has 1 fully saturated rings. The molecule has 37 heavy (non-hydrogen) atoms. The van der Waals surface area contributed by atoms with Crippen LogP contribution < -0.4 is 4.74 Å². The minimum absolute atomic E-state index is 0.0486. The Balaban J connectivity index is 1.47. The molecule has 3 aromatic carbocycles. The van der Waals surface area contributed by atoms with Crippen molar-refractivity contribution in [1.29, 1.82) is 0 Å². The van der Waals surface area contributed by atoms with Crippen molar-refractivity contribution in [3.63, 3.8) is 0 Å². The molecule has 4 rings (SSSR count). The molecule has 1 saturated heterocycles. The number of carboxylic acid groups (broad SMARTS) is 1. The van der Waals surface area contributed by atoms with Gasteiger partial charge in [-0.3, -0.25) is 0 Å². The number of fused-ring (bicyclic) bond motifs is 1. The molecule has 196 valence electrons. The van der Waals surface area contributed by atoms with Gasteiger partial charge in [-0.2, -0.15) is 0 Å². The molecule has 8 nitrogen and oxygen atoms in total. The van der Waals surface area contributed by atoms with Gasteiger partial charge in [-0.1, -0.05) is 48.5 Å². The highest BCUT2D eigenvalue weighted by Gasteiger charge is 2.34. The molecular weight excluding hydrogens is 474 g/mol. The number of aliphatic carboxylic acids is 1. The Hall–Kier alpha value is -3.62. The van der Waals surface area contributed by atoms with Crippen molar-refractivity contribution >= 4 is 22.9 Å². The Kier molecular flexibility index (Phi) is 8.31. The summed E-state index contributed by atoms with van der Waals surface area (Å²) in [4.78, 5) is 28.5. The van der Waals surface area contributed by atoms with Gasteiger partial charge in [-0.15, -0.1) is 5.06 Å². The first-order valence-electron chi connectivity index (χ1n) is 12.4. The summed E-state index contributed by atoms with van der Waals surface area (Å²) in [6.45, 7) is 6.30. The Bertz CT molecular complexity index is 1220. The van der Waals surface area contributed by atoms with E-state index in [1.54, 1.807) is 38.0 Å². The van der Waals surface area contributed by atoms with Crippen molar-refractivity contribution in [3.05, 3.63) is 77.9 Å². The summed E-state index contributed by atoms with van der Waals surface area (Å²) in [6.07, 6.45) is -0.298. The predicted octanol–water partition coefficient (Wildman–Crippen LogP) is 5.54. The summed E-state index contributed by atoms with van der Waals surface area (Å²) in [5.41, 5.74) is 1.45. The summed E-state index contributed by atoms with van der Waals surface area (Å²) in [5.74, 6) is -0.485. The number of carbonyl (C=O) groups excluding carboxylic acids is 1. The monoisotopic (exact) mass is 507 g/mol. The fourth-order valence-corrected chi connectivity index (χ4v) is 4.38. The maximum Gasteiger partial charge on any atom is 0.528 e. The molecule has 0 saturated carbocycles. The first kappa shape index (κ1) is 26.4. The van der Waals surface area contributed by atoms with E-state index >= 15 is 0 Å². The Labute approximate surface area is 216 Å². The second-order valence-corrected chi connectivity index (χ2v) is 10.1.